The van der Waals surface area contributed by atoms with E-state index in [4.69, 9.17) is 0 Å². The van der Waals surface area contributed by atoms with Crippen molar-refractivity contribution >= 4 is 22.4 Å². The second-order valence-corrected chi connectivity index (χ2v) is 7.47. The molecule has 1 aliphatic rings. The van der Waals surface area contributed by atoms with Crippen LogP contribution in [-0.2, 0) is 11.2 Å². The first kappa shape index (κ1) is 18.0. The Morgan fingerprint density at radius 1 is 1.32 bits per heavy atom. The Labute approximate surface area is 152 Å². The highest BCUT2D eigenvalue weighted by molar-refractivity contribution is 7.13. The van der Waals surface area contributed by atoms with Gasteiger partial charge < -0.3 is 15.3 Å². The summed E-state index contributed by atoms with van der Waals surface area (Å²) < 4.78 is 0. The van der Waals surface area contributed by atoms with Crippen LogP contribution in [0.3, 0.4) is 0 Å². The fraction of sp³-hybridized carbons (Fsp3) is 0.474. The molecule has 1 fully saturated rings. The average Bonchev–Trinajstić information content (AvgIpc) is 3.14. The average molecular weight is 359 g/mol. The van der Waals surface area contributed by atoms with E-state index in [1.54, 1.807) is 6.20 Å². The summed E-state index contributed by atoms with van der Waals surface area (Å²) in [7, 11) is 0. The van der Waals surface area contributed by atoms with Crippen molar-refractivity contribution in [3.05, 3.63) is 47.5 Å². The lowest BCUT2D eigenvalue weighted by atomic mass is 9.88. The van der Waals surface area contributed by atoms with Gasteiger partial charge in [-0.1, -0.05) is 30.3 Å². The SMILES string of the molecule is O=C(CCN1CCC([C@H](O)Cc2ccccc2)CC1)Nc1nccs1. The Morgan fingerprint density at radius 3 is 2.76 bits per heavy atom. The normalized spacial score (nSPS) is 17.3. The van der Waals surface area contributed by atoms with E-state index in [2.05, 4.69) is 27.3 Å². The predicted molar refractivity (Wildman–Crippen MR) is 101 cm³/mol. The standard InChI is InChI=1S/C19H25N3O2S/c23-17(14-15-4-2-1-3-5-15)16-6-10-22(11-7-16)12-8-18(24)21-19-20-9-13-25-19/h1-5,9,13,16-17,23H,6-8,10-12,14H2,(H,20,21,24)/t17-/m1/s1. The first-order chi connectivity index (χ1) is 12.2. The number of nitrogens with one attached hydrogen (secondary N) is 1. The summed E-state index contributed by atoms with van der Waals surface area (Å²) in [5, 5.41) is 15.8. The molecule has 2 aromatic rings. The van der Waals surface area contributed by atoms with E-state index in [1.165, 1.54) is 16.9 Å². The Bertz CT molecular complexity index is 640. The second kappa shape index (κ2) is 9.08. The molecule has 0 radical (unpaired) electrons. The van der Waals surface area contributed by atoms with E-state index in [0.29, 0.717) is 17.5 Å². The number of likely N-dealkylation sites (tertiary alicyclic amines) is 1. The molecule has 1 aromatic heterocycles. The number of aliphatic hydroxyl groups excluding tert-OH is 1. The van der Waals surface area contributed by atoms with Crippen LogP contribution >= 0.6 is 11.3 Å². The zero-order valence-electron chi connectivity index (χ0n) is 14.3. The Morgan fingerprint density at radius 2 is 2.08 bits per heavy atom. The highest BCUT2D eigenvalue weighted by atomic mass is 32.1. The molecule has 1 aliphatic heterocycles. The van der Waals surface area contributed by atoms with E-state index in [0.717, 1.165) is 38.9 Å². The molecule has 2 heterocycles. The Hall–Kier alpha value is -1.76. The number of hydrogen-bond donors (Lipinski definition) is 2. The highest BCUT2D eigenvalue weighted by Gasteiger charge is 2.25. The van der Waals surface area contributed by atoms with Crippen LogP contribution in [0.25, 0.3) is 0 Å². The van der Waals surface area contributed by atoms with E-state index >= 15 is 0 Å². The van der Waals surface area contributed by atoms with Crippen molar-refractivity contribution in [2.24, 2.45) is 5.92 Å². The van der Waals surface area contributed by atoms with Crippen LogP contribution in [0.1, 0.15) is 24.8 Å². The van der Waals surface area contributed by atoms with Gasteiger partial charge in [0.2, 0.25) is 5.91 Å². The molecule has 0 spiro atoms. The van der Waals surface area contributed by atoms with Gasteiger partial charge in [-0.2, -0.15) is 0 Å². The lowest BCUT2D eigenvalue weighted by molar-refractivity contribution is -0.116. The minimum atomic E-state index is -0.280. The minimum Gasteiger partial charge on any atom is -0.392 e. The summed E-state index contributed by atoms with van der Waals surface area (Å²) in [6, 6.07) is 10.2. The largest absolute Gasteiger partial charge is 0.392 e. The molecule has 2 N–H and O–H groups in total. The van der Waals surface area contributed by atoms with Crippen molar-refractivity contribution in [2.75, 3.05) is 25.0 Å². The molecular weight excluding hydrogens is 334 g/mol. The second-order valence-electron chi connectivity index (χ2n) is 6.57. The quantitative estimate of drug-likeness (QED) is 0.798. The fourth-order valence-corrected chi connectivity index (χ4v) is 3.86. The number of nitrogens with zero attached hydrogens (tertiary/aromatic N) is 2. The topological polar surface area (TPSA) is 65.5 Å². The molecule has 1 atom stereocenters. The van der Waals surface area contributed by atoms with Gasteiger partial charge in [0.1, 0.15) is 0 Å². The van der Waals surface area contributed by atoms with Crippen LogP contribution in [0.2, 0.25) is 0 Å². The number of piperidine rings is 1. The molecule has 0 aliphatic carbocycles. The number of amides is 1. The van der Waals surface area contributed by atoms with Crippen molar-refractivity contribution in [3.8, 4) is 0 Å². The van der Waals surface area contributed by atoms with Gasteiger partial charge in [-0.3, -0.25) is 4.79 Å². The van der Waals surface area contributed by atoms with Crippen molar-refractivity contribution in [1.29, 1.82) is 0 Å². The lowest BCUT2D eigenvalue weighted by Gasteiger charge is -2.34. The maximum atomic E-state index is 11.9. The summed E-state index contributed by atoms with van der Waals surface area (Å²) in [6.07, 6.45) is 4.59. The zero-order chi connectivity index (χ0) is 17.5. The molecular formula is C19H25N3O2S. The van der Waals surface area contributed by atoms with E-state index < -0.39 is 0 Å². The zero-order valence-corrected chi connectivity index (χ0v) is 15.1. The number of benzene rings is 1. The van der Waals surface area contributed by atoms with Gasteiger partial charge in [-0.05, 0) is 43.8 Å². The number of aliphatic hydroxyl groups is 1. The Kier molecular flexibility index (Phi) is 6.55. The van der Waals surface area contributed by atoms with Gasteiger partial charge in [-0.25, -0.2) is 4.98 Å². The Balaban J connectivity index is 1.36. The van der Waals surface area contributed by atoms with E-state index in [1.807, 2.05) is 23.6 Å². The van der Waals surface area contributed by atoms with Crippen LogP contribution in [0.15, 0.2) is 41.9 Å². The highest BCUT2D eigenvalue weighted by Crippen LogP contribution is 2.23. The van der Waals surface area contributed by atoms with Crippen LogP contribution in [-0.4, -0.2) is 46.6 Å². The number of anilines is 1. The number of thiazole rings is 1. The number of carbonyl (C=O) groups is 1. The molecule has 0 saturated carbocycles. The molecule has 1 amide bonds. The monoisotopic (exact) mass is 359 g/mol. The molecule has 1 saturated heterocycles. The summed E-state index contributed by atoms with van der Waals surface area (Å²) in [6.45, 7) is 2.65. The predicted octanol–water partition coefficient (Wildman–Crippen LogP) is 2.79. The van der Waals surface area contributed by atoms with E-state index in [9.17, 15) is 9.90 Å². The van der Waals surface area contributed by atoms with Crippen LogP contribution in [0.4, 0.5) is 5.13 Å². The van der Waals surface area contributed by atoms with Crippen molar-refractivity contribution in [1.82, 2.24) is 9.88 Å². The summed E-state index contributed by atoms with van der Waals surface area (Å²) >= 11 is 1.43. The van der Waals surface area contributed by atoms with Crippen molar-refractivity contribution < 1.29 is 9.90 Å². The summed E-state index contributed by atoms with van der Waals surface area (Å²) in [5.74, 6) is 0.363. The summed E-state index contributed by atoms with van der Waals surface area (Å²) in [5.41, 5.74) is 1.19. The fourth-order valence-electron chi connectivity index (χ4n) is 3.31. The molecule has 3 rings (SSSR count). The third kappa shape index (κ3) is 5.63. The maximum absolute atomic E-state index is 11.9. The van der Waals surface area contributed by atoms with Gasteiger partial charge in [0.15, 0.2) is 5.13 Å². The van der Waals surface area contributed by atoms with Crippen molar-refractivity contribution in [3.63, 3.8) is 0 Å². The minimum absolute atomic E-state index is 0.0150. The van der Waals surface area contributed by atoms with Crippen LogP contribution in [0.5, 0.6) is 0 Å². The molecule has 25 heavy (non-hydrogen) atoms. The number of carbonyl (C=O) groups excluding carboxylic acids is 1. The van der Waals surface area contributed by atoms with E-state index in [-0.39, 0.29) is 12.0 Å². The van der Waals surface area contributed by atoms with Crippen molar-refractivity contribution in [2.45, 2.75) is 31.8 Å². The third-order valence-corrected chi connectivity index (χ3v) is 5.49. The number of aromatic nitrogens is 1. The summed E-state index contributed by atoms with van der Waals surface area (Å²) in [4.78, 5) is 18.3. The number of hydrogen-bond acceptors (Lipinski definition) is 5. The number of rotatable bonds is 7. The van der Waals surface area contributed by atoms with Gasteiger partial charge >= 0.3 is 0 Å². The molecule has 5 nitrogen and oxygen atoms in total. The molecule has 0 unspecified atom stereocenters. The van der Waals surface area contributed by atoms with Gasteiger partial charge in [-0.15, -0.1) is 11.3 Å². The van der Waals surface area contributed by atoms with Gasteiger partial charge in [0.25, 0.3) is 0 Å². The lowest BCUT2D eigenvalue weighted by Crippen LogP contribution is -2.39. The van der Waals surface area contributed by atoms with Crippen LogP contribution in [0, 0.1) is 5.92 Å². The smallest absolute Gasteiger partial charge is 0.227 e. The third-order valence-electron chi connectivity index (χ3n) is 4.80. The van der Waals surface area contributed by atoms with Gasteiger partial charge in [0, 0.05) is 24.5 Å². The molecule has 1 aromatic carbocycles. The molecule has 134 valence electrons. The van der Waals surface area contributed by atoms with Gasteiger partial charge in [0.05, 0.1) is 6.10 Å². The maximum Gasteiger partial charge on any atom is 0.227 e. The molecule has 6 heteroatoms. The van der Waals surface area contributed by atoms with Crippen LogP contribution < -0.4 is 5.32 Å². The molecule has 0 bridgehead atoms. The first-order valence-corrected chi connectivity index (χ1v) is 9.72. The first-order valence-electron chi connectivity index (χ1n) is 8.84.